The quantitative estimate of drug-likeness (QED) is 0.782. The number of alkyl halides is 1. The highest BCUT2D eigenvalue weighted by Gasteiger charge is 2.22. The molecule has 0 spiro atoms. The van der Waals surface area contributed by atoms with Gasteiger partial charge < -0.3 is 9.30 Å². The molecule has 1 aromatic carbocycles. The molecule has 0 amide bonds. The number of fused-ring (bicyclic) bond motifs is 1. The molecule has 19 heavy (non-hydrogen) atoms. The minimum Gasteiger partial charge on any atom is -0.374 e. The van der Waals surface area contributed by atoms with Gasteiger partial charge in [0.05, 0.1) is 29.1 Å². The van der Waals surface area contributed by atoms with Gasteiger partial charge in [0.2, 0.25) is 0 Å². The average Bonchev–Trinajstić information content (AvgIpc) is 2.66. The van der Waals surface area contributed by atoms with Crippen LogP contribution in [0.5, 0.6) is 0 Å². The van der Waals surface area contributed by atoms with Crippen LogP contribution in [0.3, 0.4) is 0 Å². The van der Waals surface area contributed by atoms with Crippen molar-refractivity contribution in [3.8, 4) is 0 Å². The van der Waals surface area contributed by atoms with Crippen molar-refractivity contribution < 1.29 is 9.13 Å². The third-order valence-electron chi connectivity index (χ3n) is 2.98. The van der Waals surface area contributed by atoms with Crippen LogP contribution in [0.15, 0.2) is 18.2 Å². The first-order valence-electron chi connectivity index (χ1n) is 6.31. The van der Waals surface area contributed by atoms with E-state index in [9.17, 15) is 4.39 Å². The molecule has 2 rings (SSSR count). The molecular weight excluding hydrogens is 267 g/mol. The van der Waals surface area contributed by atoms with Crippen molar-refractivity contribution in [2.24, 2.45) is 0 Å². The van der Waals surface area contributed by atoms with Crippen LogP contribution >= 0.6 is 11.6 Å². The summed E-state index contributed by atoms with van der Waals surface area (Å²) in [6.45, 7) is 7.17. The van der Waals surface area contributed by atoms with Gasteiger partial charge >= 0.3 is 0 Å². The first-order valence-corrected chi connectivity index (χ1v) is 6.85. The molecule has 2 aromatic rings. The van der Waals surface area contributed by atoms with E-state index in [1.54, 1.807) is 6.07 Å². The van der Waals surface area contributed by atoms with Gasteiger partial charge in [-0.05, 0) is 39.0 Å². The first kappa shape index (κ1) is 14.3. The molecule has 0 aliphatic carbocycles. The Kier molecular flexibility index (Phi) is 4.11. The van der Waals surface area contributed by atoms with Gasteiger partial charge in [0, 0.05) is 6.61 Å². The van der Waals surface area contributed by atoms with E-state index in [-0.39, 0.29) is 11.4 Å². The Bertz CT molecular complexity index is 580. The van der Waals surface area contributed by atoms with Gasteiger partial charge in [0.1, 0.15) is 11.6 Å². The van der Waals surface area contributed by atoms with Crippen molar-refractivity contribution in [2.45, 2.75) is 38.8 Å². The van der Waals surface area contributed by atoms with Crippen molar-refractivity contribution in [1.82, 2.24) is 9.55 Å². The number of rotatable bonds is 5. The monoisotopic (exact) mass is 284 g/mol. The van der Waals surface area contributed by atoms with Gasteiger partial charge in [0.15, 0.2) is 0 Å². The van der Waals surface area contributed by atoms with E-state index >= 15 is 0 Å². The van der Waals surface area contributed by atoms with Gasteiger partial charge in [-0.15, -0.1) is 11.6 Å². The van der Waals surface area contributed by atoms with E-state index in [1.165, 1.54) is 12.1 Å². The minimum absolute atomic E-state index is 0.274. The summed E-state index contributed by atoms with van der Waals surface area (Å²) in [4.78, 5) is 4.43. The lowest BCUT2D eigenvalue weighted by Gasteiger charge is -2.26. The molecule has 0 saturated heterocycles. The summed E-state index contributed by atoms with van der Waals surface area (Å²) in [5.41, 5.74) is 1.16. The third kappa shape index (κ3) is 3.07. The maximum atomic E-state index is 13.4. The Morgan fingerprint density at radius 2 is 2.16 bits per heavy atom. The Labute approximate surface area is 117 Å². The molecule has 0 N–H and O–H groups in total. The van der Waals surface area contributed by atoms with Crippen LogP contribution < -0.4 is 0 Å². The SMILES string of the molecule is CCOC(C)(C)Cn1c(CCl)nc2ccc(F)cc21. The predicted molar refractivity (Wildman–Crippen MR) is 75.0 cm³/mol. The van der Waals surface area contributed by atoms with Crippen molar-refractivity contribution in [2.75, 3.05) is 6.61 Å². The van der Waals surface area contributed by atoms with Crippen LogP contribution in [0, 0.1) is 5.82 Å². The number of hydrogen-bond acceptors (Lipinski definition) is 2. The number of benzene rings is 1. The molecule has 0 bridgehead atoms. The number of hydrogen-bond donors (Lipinski definition) is 0. The van der Waals surface area contributed by atoms with Gasteiger partial charge in [-0.1, -0.05) is 0 Å². The van der Waals surface area contributed by atoms with Gasteiger partial charge in [-0.3, -0.25) is 0 Å². The highest BCUT2D eigenvalue weighted by Crippen LogP contribution is 2.23. The molecule has 0 radical (unpaired) electrons. The van der Waals surface area contributed by atoms with E-state index in [2.05, 4.69) is 4.98 Å². The summed E-state index contributed by atoms with van der Waals surface area (Å²) in [6.07, 6.45) is 0. The number of aromatic nitrogens is 2. The highest BCUT2D eigenvalue weighted by molar-refractivity contribution is 6.16. The molecular formula is C14H18ClFN2O. The van der Waals surface area contributed by atoms with E-state index in [0.717, 1.165) is 16.9 Å². The summed E-state index contributed by atoms with van der Waals surface area (Å²) in [5, 5.41) is 0. The van der Waals surface area contributed by atoms with Crippen LogP contribution in [0.4, 0.5) is 4.39 Å². The fourth-order valence-corrected chi connectivity index (χ4v) is 2.45. The maximum absolute atomic E-state index is 13.4. The summed E-state index contributed by atoms with van der Waals surface area (Å²) >= 11 is 5.93. The molecule has 0 aliphatic heterocycles. The number of imidazole rings is 1. The number of halogens is 2. The summed E-state index contributed by atoms with van der Waals surface area (Å²) < 4.78 is 21.0. The second-order valence-electron chi connectivity index (χ2n) is 5.07. The Balaban J connectivity index is 2.48. The van der Waals surface area contributed by atoms with Crippen molar-refractivity contribution >= 4 is 22.6 Å². The standard InChI is InChI=1S/C14H18ClFN2O/c1-4-19-14(2,3)9-18-12-7-10(16)5-6-11(12)17-13(18)8-15/h5-7H,4,8-9H2,1-3H3. The van der Waals surface area contributed by atoms with Crippen LogP contribution in [0.2, 0.25) is 0 Å². The highest BCUT2D eigenvalue weighted by atomic mass is 35.5. The Hall–Kier alpha value is -1.13. The predicted octanol–water partition coefficient (Wildman–Crippen LogP) is 3.73. The van der Waals surface area contributed by atoms with Crippen molar-refractivity contribution in [1.29, 1.82) is 0 Å². The smallest absolute Gasteiger partial charge is 0.125 e. The van der Waals surface area contributed by atoms with Gasteiger partial charge in [0.25, 0.3) is 0 Å². The lowest BCUT2D eigenvalue weighted by atomic mass is 10.1. The summed E-state index contributed by atoms with van der Waals surface area (Å²) in [6, 6.07) is 4.57. The van der Waals surface area contributed by atoms with Crippen LogP contribution in [-0.2, 0) is 17.2 Å². The molecule has 0 aliphatic rings. The summed E-state index contributed by atoms with van der Waals surface area (Å²) in [5.74, 6) is 0.748. The lowest BCUT2D eigenvalue weighted by molar-refractivity contribution is -0.0220. The van der Waals surface area contributed by atoms with Crippen LogP contribution in [0.25, 0.3) is 11.0 Å². The van der Waals surface area contributed by atoms with E-state index < -0.39 is 0 Å². The first-order chi connectivity index (χ1) is 8.96. The molecule has 0 saturated carbocycles. The lowest BCUT2D eigenvalue weighted by Crippen LogP contribution is -2.31. The zero-order valence-corrected chi connectivity index (χ0v) is 12.2. The zero-order valence-electron chi connectivity index (χ0n) is 11.4. The number of ether oxygens (including phenoxy) is 1. The van der Waals surface area contributed by atoms with E-state index in [1.807, 2.05) is 25.3 Å². The topological polar surface area (TPSA) is 27.1 Å². The fraction of sp³-hybridized carbons (Fsp3) is 0.500. The number of nitrogens with zero attached hydrogens (tertiary/aromatic N) is 2. The largest absolute Gasteiger partial charge is 0.374 e. The molecule has 3 nitrogen and oxygen atoms in total. The van der Waals surface area contributed by atoms with Crippen molar-refractivity contribution in [3.63, 3.8) is 0 Å². The summed E-state index contributed by atoms with van der Waals surface area (Å²) in [7, 11) is 0. The minimum atomic E-state index is -0.352. The fourth-order valence-electron chi connectivity index (χ4n) is 2.24. The van der Waals surface area contributed by atoms with E-state index in [4.69, 9.17) is 16.3 Å². The molecule has 1 heterocycles. The van der Waals surface area contributed by atoms with Crippen molar-refractivity contribution in [3.05, 3.63) is 29.8 Å². The molecule has 0 atom stereocenters. The Morgan fingerprint density at radius 1 is 1.42 bits per heavy atom. The third-order valence-corrected chi connectivity index (χ3v) is 3.22. The second kappa shape index (κ2) is 5.47. The average molecular weight is 285 g/mol. The molecule has 5 heteroatoms. The molecule has 104 valence electrons. The second-order valence-corrected chi connectivity index (χ2v) is 5.34. The van der Waals surface area contributed by atoms with Crippen LogP contribution in [-0.4, -0.2) is 21.8 Å². The molecule has 0 unspecified atom stereocenters. The van der Waals surface area contributed by atoms with E-state index in [0.29, 0.717) is 19.0 Å². The zero-order chi connectivity index (χ0) is 14.0. The van der Waals surface area contributed by atoms with Gasteiger partial charge in [-0.25, -0.2) is 9.37 Å². The van der Waals surface area contributed by atoms with Crippen LogP contribution in [0.1, 0.15) is 26.6 Å². The maximum Gasteiger partial charge on any atom is 0.125 e. The molecule has 0 fully saturated rings. The molecule has 1 aromatic heterocycles. The normalized spacial score (nSPS) is 12.3. The Morgan fingerprint density at radius 3 is 2.79 bits per heavy atom. The van der Waals surface area contributed by atoms with Gasteiger partial charge in [-0.2, -0.15) is 0 Å².